The van der Waals surface area contributed by atoms with Crippen LogP contribution in [0.3, 0.4) is 0 Å². The topological polar surface area (TPSA) is 81.9 Å². The zero-order valence-corrected chi connectivity index (χ0v) is 18.6. The fraction of sp³-hybridized carbons (Fsp3) is 0.208. The molecule has 0 radical (unpaired) electrons. The van der Waals surface area contributed by atoms with E-state index in [-0.39, 0.29) is 5.56 Å². The van der Waals surface area contributed by atoms with Gasteiger partial charge in [-0.05, 0) is 67.4 Å². The second kappa shape index (κ2) is 11.2. The molecule has 3 aromatic rings. The Balaban J connectivity index is 1.72. The summed E-state index contributed by atoms with van der Waals surface area (Å²) in [6, 6.07) is 15.7. The van der Waals surface area contributed by atoms with Crippen LogP contribution in [0.4, 0.5) is 0 Å². The Morgan fingerprint density at radius 2 is 1.84 bits per heavy atom. The van der Waals surface area contributed by atoms with Gasteiger partial charge in [-0.2, -0.15) is 5.10 Å². The number of carbonyl (C=O) groups is 1. The number of hydrogen-bond acceptors (Lipinski definition) is 5. The number of aromatic nitrogens is 1. The summed E-state index contributed by atoms with van der Waals surface area (Å²) >= 11 is 6.01. The van der Waals surface area contributed by atoms with E-state index in [0.29, 0.717) is 41.8 Å². The molecule has 8 heteroatoms. The van der Waals surface area contributed by atoms with Gasteiger partial charge >= 0.3 is 0 Å². The summed E-state index contributed by atoms with van der Waals surface area (Å²) < 4.78 is 12.6. The highest BCUT2D eigenvalue weighted by atomic mass is 35.5. The fourth-order valence-corrected chi connectivity index (χ4v) is 3.25. The van der Waals surface area contributed by atoms with Gasteiger partial charge in [0.05, 0.1) is 26.0 Å². The third-order valence-corrected chi connectivity index (χ3v) is 4.69. The smallest absolute Gasteiger partial charge is 0.276 e. The second-order valence-electron chi connectivity index (χ2n) is 6.76. The van der Waals surface area contributed by atoms with Crippen LogP contribution in [0.5, 0.6) is 11.5 Å². The van der Waals surface area contributed by atoms with E-state index < -0.39 is 11.5 Å². The Morgan fingerprint density at radius 1 is 1.06 bits per heavy atom. The first-order valence-corrected chi connectivity index (χ1v) is 10.6. The van der Waals surface area contributed by atoms with Crippen LogP contribution >= 0.6 is 11.6 Å². The maximum absolute atomic E-state index is 12.7. The largest absolute Gasteiger partial charge is 0.490 e. The van der Waals surface area contributed by atoms with Crippen LogP contribution in [-0.2, 0) is 6.54 Å². The van der Waals surface area contributed by atoms with Crippen molar-refractivity contribution in [3.8, 4) is 11.5 Å². The second-order valence-corrected chi connectivity index (χ2v) is 7.19. The van der Waals surface area contributed by atoms with Crippen LogP contribution < -0.4 is 20.5 Å². The number of rotatable bonds is 9. The zero-order chi connectivity index (χ0) is 22.9. The van der Waals surface area contributed by atoms with Gasteiger partial charge < -0.3 is 14.0 Å². The summed E-state index contributed by atoms with van der Waals surface area (Å²) in [5.74, 6) is 0.638. The highest BCUT2D eigenvalue weighted by molar-refractivity contribution is 6.30. The molecule has 7 nitrogen and oxygen atoms in total. The van der Waals surface area contributed by atoms with Gasteiger partial charge in [-0.3, -0.25) is 9.59 Å². The number of ether oxygens (including phenoxy) is 2. The molecule has 0 atom stereocenters. The summed E-state index contributed by atoms with van der Waals surface area (Å²) in [7, 11) is 0. The maximum atomic E-state index is 12.7. The van der Waals surface area contributed by atoms with Crippen molar-refractivity contribution in [2.75, 3.05) is 13.2 Å². The fourth-order valence-electron chi connectivity index (χ4n) is 3.04. The van der Waals surface area contributed by atoms with E-state index in [1.165, 1.54) is 16.8 Å². The van der Waals surface area contributed by atoms with Crippen LogP contribution in [-0.4, -0.2) is 29.9 Å². The van der Waals surface area contributed by atoms with E-state index in [9.17, 15) is 9.59 Å². The molecular weight excluding hydrogens is 430 g/mol. The van der Waals surface area contributed by atoms with Crippen LogP contribution in [0.15, 0.2) is 70.7 Å². The lowest BCUT2D eigenvalue weighted by atomic mass is 10.2. The molecular formula is C24H24ClN3O4. The molecule has 0 aliphatic rings. The molecule has 0 unspecified atom stereocenters. The van der Waals surface area contributed by atoms with Crippen molar-refractivity contribution in [3.63, 3.8) is 0 Å². The highest BCUT2D eigenvalue weighted by Gasteiger charge is 2.12. The van der Waals surface area contributed by atoms with Crippen molar-refractivity contribution in [1.82, 2.24) is 9.99 Å². The Kier molecular flexibility index (Phi) is 8.05. The van der Waals surface area contributed by atoms with Crippen LogP contribution in [0, 0.1) is 0 Å². The average molecular weight is 454 g/mol. The van der Waals surface area contributed by atoms with E-state index in [1.54, 1.807) is 42.6 Å². The first-order valence-electron chi connectivity index (χ1n) is 10.2. The van der Waals surface area contributed by atoms with Crippen molar-refractivity contribution in [1.29, 1.82) is 0 Å². The number of hydrogen-bond donors (Lipinski definition) is 1. The summed E-state index contributed by atoms with van der Waals surface area (Å²) in [4.78, 5) is 25.3. The predicted octanol–water partition coefficient (Wildman–Crippen LogP) is 4.11. The van der Waals surface area contributed by atoms with Crippen molar-refractivity contribution < 1.29 is 14.3 Å². The summed E-state index contributed by atoms with van der Waals surface area (Å²) in [5.41, 5.74) is 3.55. The van der Waals surface area contributed by atoms with Crippen LogP contribution in [0.25, 0.3) is 0 Å². The molecule has 0 aliphatic heterocycles. The van der Waals surface area contributed by atoms with Crippen LogP contribution in [0.2, 0.25) is 5.02 Å². The molecule has 1 heterocycles. The van der Waals surface area contributed by atoms with Crippen molar-refractivity contribution in [3.05, 3.63) is 92.9 Å². The summed E-state index contributed by atoms with van der Waals surface area (Å²) in [6.07, 6.45) is 3.10. The zero-order valence-electron chi connectivity index (χ0n) is 17.9. The molecule has 1 aromatic heterocycles. The van der Waals surface area contributed by atoms with E-state index in [4.69, 9.17) is 21.1 Å². The Bertz CT molecular complexity index is 1170. The van der Waals surface area contributed by atoms with Crippen LogP contribution in [0.1, 0.15) is 35.3 Å². The maximum Gasteiger partial charge on any atom is 0.276 e. The molecule has 32 heavy (non-hydrogen) atoms. The lowest BCUT2D eigenvalue weighted by Crippen LogP contribution is -2.30. The van der Waals surface area contributed by atoms with Gasteiger partial charge in [0.1, 0.15) is 5.56 Å². The minimum atomic E-state index is -0.595. The first-order chi connectivity index (χ1) is 15.5. The number of benzene rings is 2. The first kappa shape index (κ1) is 23.1. The molecule has 0 saturated heterocycles. The molecule has 3 rings (SSSR count). The molecule has 0 fully saturated rings. The number of amides is 1. The quantitative estimate of drug-likeness (QED) is 0.390. The van der Waals surface area contributed by atoms with Gasteiger partial charge in [-0.15, -0.1) is 0 Å². The van der Waals surface area contributed by atoms with Crippen molar-refractivity contribution in [2.24, 2.45) is 5.10 Å². The Hall–Kier alpha value is -3.58. The lowest BCUT2D eigenvalue weighted by Gasteiger charge is -2.11. The summed E-state index contributed by atoms with van der Waals surface area (Å²) in [5, 5.41) is 4.56. The molecule has 1 N–H and O–H groups in total. The van der Waals surface area contributed by atoms with Gasteiger partial charge in [0.15, 0.2) is 11.5 Å². The number of nitrogens with zero attached hydrogens (tertiary/aromatic N) is 2. The monoisotopic (exact) mass is 453 g/mol. The molecule has 0 saturated carbocycles. The number of nitrogens with one attached hydrogen (secondary N) is 1. The molecule has 0 bridgehead atoms. The minimum absolute atomic E-state index is 0.00613. The van der Waals surface area contributed by atoms with Gasteiger partial charge in [0.25, 0.3) is 11.5 Å². The van der Waals surface area contributed by atoms with E-state index in [0.717, 1.165) is 5.56 Å². The third kappa shape index (κ3) is 5.98. The number of halogens is 1. The normalized spacial score (nSPS) is 10.8. The molecule has 166 valence electrons. The highest BCUT2D eigenvalue weighted by Crippen LogP contribution is 2.27. The van der Waals surface area contributed by atoms with E-state index in [2.05, 4.69) is 10.5 Å². The Morgan fingerprint density at radius 3 is 2.59 bits per heavy atom. The van der Waals surface area contributed by atoms with E-state index >= 15 is 0 Å². The molecule has 2 aromatic carbocycles. The summed E-state index contributed by atoms with van der Waals surface area (Å²) in [6.45, 7) is 5.10. The molecule has 1 amide bonds. The van der Waals surface area contributed by atoms with Crippen molar-refractivity contribution in [2.45, 2.75) is 20.4 Å². The van der Waals surface area contributed by atoms with Gasteiger partial charge in [-0.25, -0.2) is 5.43 Å². The average Bonchev–Trinajstić information content (AvgIpc) is 2.77. The third-order valence-electron chi connectivity index (χ3n) is 4.45. The number of hydrazone groups is 1. The predicted molar refractivity (Wildman–Crippen MR) is 125 cm³/mol. The van der Waals surface area contributed by atoms with Gasteiger partial charge in [-0.1, -0.05) is 23.7 Å². The lowest BCUT2D eigenvalue weighted by molar-refractivity contribution is 0.0953. The Labute approximate surface area is 191 Å². The minimum Gasteiger partial charge on any atom is -0.490 e. The van der Waals surface area contributed by atoms with Gasteiger partial charge in [0, 0.05) is 11.2 Å². The van der Waals surface area contributed by atoms with Gasteiger partial charge in [0.2, 0.25) is 0 Å². The molecule has 0 aliphatic carbocycles. The molecule has 0 spiro atoms. The van der Waals surface area contributed by atoms with E-state index in [1.807, 2.05) is 26.0 Å². The van der Waals surface area contributed by atoms with Crippen molar-refractivity contribution >= 4 is 23.7 Å². The SMILES string of the molecule is CCOc1ccc(/C=N\NC(=O)c2cccn(Cc3cccc(Cl)c3)c2=O)cc1OCC. The number of pyridine rings is 1. The number of carbonyl (C=O) groups excluding carboxylic acids is 1. The standard InChI is InChI=1S/C24H24ClN3O4/c1-3-31-21-11-10-17(14-22(21)32-4-2)15-26-27-23(29)20-9-6-12-28(24(20)30)16-18-7-5-8-19(25)13-18/h5-15H,3-4,16H2,1-2H3,(H,27,29)/b26-15-.